The van der Waals surface area contributed by atoms with E-state index in [9.17, 15) is 18.0 Å². The number of benzene rings is 2. The molecule has 2 aromatic carbocycles. The van der Waals surface area contributed by atoms with Crippen LogP contribution in [0.3, 0.4) is 0 Å². The highest BCUT2D eigenvalue weighted by Crippen LogP contribution is 2.35. The van der Waals surface area contributed by atoms with Gasteiger partial charge in [0.05, 0.1) is 27.0 Å². The number of amides is 2. The fourth-order valence-electron chi connectivity index (χ4n) is 3.55. The van der Waals surface area contributed by atoms with Crippen molar-refractivity contribution in [2.24, 2.45) is 0 Å². The second kappa shape index (κ2) is 13.0. The van der Waals surface area contributed by atoms with Gasteiger partial charge in [-0.3, -0.25) is 13.9 Å². The van der Waals surface area contributed by atoms with E-state index in [1.54, 1.807) is 6.92 Å². The third-order valence-corrected chi connectivity index (χ3v) is 7.95. The molecule has 0 aliphatic heterocycles. The van der Waals surface area contributed by atoms with Crippen LogP contribution in [0.15, 0.2) is 36.4 Å². The smallest absolute Gasteiger partial charge is 0.244 e. The number of carbonyl (C=O) groups is 2. The van der Waals surface area contributed by atoms with Gasteiger partial charge in [-0.1, -0.05) is 78.5 Å². The minimum absolute atomic E-state index is 0.0225. The Bertz CT molecular complexity index is 1190. The van der Waals surface area contributed by atoms with E-state index in [2.05, 4.69) is 5.32 Å². The van der Waals surface area contributed by atoms with Crippen molar-refractivity contribution in [3.63, 3.8) is 0 Å². The highest BCUT2D eigenvalue weighted by molar-refractivity contribution is 7.92. The number of nitrogens with one attached hydrogen (secondary N) is 1. The predicted molar refractivity (Wildman–Crippen MR) is 147 cm³/mol. The summed E-state index contributed by atoms with van der Waals surface area (Å²) in [6.45, 7) is 7.14. The molecule has 2 rings (SSSR count). The molecule has 0 radical (unpaired) electrons. The summed E-state index contributed by atoms with van der Waals surface area (Å²) in [5.41, 5.74) is 1.88. The molecule has 0 saturated carbocycles. The Balaban J connectivity index is 2.50. The predicted octanol–water partition coefficient (Wildman–Crippen LogP) is 5.44. The molecule has 0 heterocycles. The molecule has 0 unspecified atom stereocenters. The van der Waals surface area contributed by atoms with Crippen molar-refractivity contribution in [3.8, 4) is 0 Å². The van der Waals surface area contributed by atoms with Crippen molar-refractivity contribution < 1.29 is 18.0 Å². The van der Waals surface area contributed by atoms with E-state index in [4.69, 9.17) is 34.8 Å². The molecule has 36 heavy (non-hydrogen) atoms. The minimum Gasteiger partial charge on any atom is -0.352 e. The average Bonchev–Trinajstić information content (AvgIpc) is 2.80. The molecule has 198 valence electrons. The van der Waals surface area contributed by atoms with Crippen LogP contribution >= 0.6 is 34.8 Å². The maximum Gasteiger partial charge on any atom is 0.244 e. The summed E-state index contributed by atoms with van der Waals surface area (Å²) < 4.78 is 26.3. The van der Waals surface area contributed by atoms with Gasteiger partial charge in [-0.05, 0) is 44.4 Å². The van der Waals surface area contributed by atoms with Crippen molar-refractivity contribution >= 4 is 62.3 Å². The van der Waals surface area contributed by atoms with Crippen LogP contribution in [0.25, 0.3) is 0 Å². The zero-order chi connectivity index (χ0) is 27.2. The van der Waals surface area contributed by atoms with Gasteiger partial charge in [0.2, 0.25) is 21.8 Å². The lowest BCUT2D eigenvalue weighted by molar-refractivity contribution is -0.140. The number of carbonyl (C=O) groups excluding carboxylic acids is 2. The van der Waals surface area contributed by atoms with E-state index < -0.39 is 28.5 Å². The Labute approximate surface area is 228 Å². The molecular weight excluding hydrogens is 545 g/mol. The highest BCUT2D eigenvalue weighted by Gasteiger charge is 2.32. The standard InChI is InChI=1S/C25H32Cl3N3O4S/c1-6-17(4)29-25(33)22(7-2)30(14-18-10-8-16(3)9-11-18)24(32)15-31(36(5,34)35)23-13-20(27)19(26)12-21(23)28/h8-13,17,22H,6-7,14-15H2,1-5H3,(H,29,33)/t17-,22-/m1/s1. The third-order valence-electron chi connectivity index (χ3n) is 5.80. The van der Waals surface area contributed by atoms with Crippen molar-refractivity contribution in [2.75, 3.05) is 17.1 Å². The molecule has 0 bridgehead atoms. The largest absolute Gasteiger partial charge is 0.352 e. The van der Waals surface area contributed by atoms with E-state index in [1.807, 2.05) is 45.0 Å². The van der Waals surface area contributed by atoms with Gasteiger partial charge < -0.3 is 10.2 Å². The monoisotopic (exact) mass is 575 g/mol. The maximum absolute atomic E-state index is 13.7. The van der Waals surface area contributed by atoms with Gasteiger partial charge in [0.1, 0.15) is 12.6 Å². The first-order chi connectivity index (χ1) is 16.8. The number of sulfonamides is 1. The first kappa shape index (κ1) is 30.2. The first-order valence-corrected chi connectivity index (χ1v) is 14.5. The van der Waals surface area contributed by atoms with E-state index in [-0.39, 0.29) is 39.2 Å². The lowest BCUT2D eigenvalue weighted by atomic mass is 10.1. The van der Waals surface area contributed by atoms with Gasteiger partial charge in [0, 0.05) is 12.6 Å². The van der Waals surface area contributed by atoms with Crippen LogP contribution in [0.5, 0.6) is 0 Å². The van der Waals surface area contributed by atoms with E-state index in [0.29, 0.717) is 6.42 Å². The molecule has 2 atom stereocenters. The average molecular weight is 577 g/mol. The number of aryl methyl sites for hydroxylation is 1. The summed E-state index contributed by atoms with van der Waals surface area (Å²) in [4.78, 5) is 28.2. The number of hydrogen-bond acceptors (Lipinski definition) is 4. The maximum atomic E-state index is 13.7. The normalized spacial score (nSPS) is 13.1. The lowest BCUT2D eigenvalue weighted by Crippen LogP contribution is -2.53. The molecule has 7 nitrogen and oxygen atoms in total. The number of nitrogens with zero attached hydrogens (tertiary/aromatic N) is 2. The zero-order valence-corrected chi connectivity index (χ0v) is 24.1. The van der Waals surface area contributed by atoms with Crippen molar-refractivity contribution in [3.05, 3.63) is 62.6 Å². The topological polar surface area (TPSA) is 86.8 Å². The van der Waals surface area contributed by atoms with E-state index >= 15 is 0 Å². The van der Waals surface area contributed by atoms with Crippen LogP contribution in [0.2, 0.25) is 15.1 Å². The van der Waals surface area contributed by atoms with Crippen molar-refractivity contribution in [1.29, 1.82) is 0 Å². The second-order valence-electron chi connectivity index (χ2n) is 8.74. The van der Waals surface area contributed by atoms with Crippen LogP contribution in [-0.4, -0.2) is 50.0 Å². The van der Waals surface area contributed by atoms with Crippen molar-refractivity contribution in [2.45, 2.75) is 59.2 Å². The quantitative estimate of drug-likeness (QED) is 0.361. The van der Waals surface area contributed by atoms with Gasteiger partial charge in [-0.15, -0.1) is 0 Å². The number of halogens is 3. The highest BCUT2D eigenvalue weighted by atomic mass is 35.5. The first-order valence-electron chi connectivity index (χ1n) is 11.6. The van der Waals surface area contributed by atoms with E-state index in [1.165, 1.54) is 17.0 Å². The third kappa shape index (κ3) is 8.00. The fourth-order valence-corrected chi connectivity index (χ4v) is 5.10. The minimum atomic E-state index is -3.95. The van der Waals surface area contributed by atoms with Crippen LogP contribution in [0.1, 0.15) is 44.7 Å². The number of rotatable bonds is 11. The fraction of sp³-hybridized carbons (Fsp3) is 0.440. The number of hydrogen-bond donors (Lipinski definition) is 1. The van der Waals surface area contributed by atoms with Gasteiger partial charge in [0.25, 0.3) is 0 Å². The summed E-state index contributed by atoms with van der Waals surface area (Å²) >= 11 is 18.4. The molecule has 0 spiro atoms. The Morgan fingerprint density at radius 1 is 0.972 bits per heavy atom. The Kier molecular flexibility index (Phi) is 10.9. The Morgan fingerprint density at radius 2 is 1.56 bits per heavy atom. The summed E-state index contributed by atoms with van der Waals surface area (Å²) in [7, 11) is -3.95. The molecule has 2 aromatic rings. The van der Waals surface area contributed by atoms with Crippen LogP contribution in [-0.2, 0) is 26.2 Å². The molecule has 0 aromatic heterocycles. The van der Waals surface area contributed by atoms with Crippen molar-refractivity contribution in [1.82, 2.24) is 10.2 Å². The summed E-state index contributed by atoms with van der Waals surface area (Å²) in [5.74, 6) is -0.861. The molecule has 1 N–H and O–H groups in total. The molecule has 0 fully saturated rings. The lowest BCUT2D eigenvalue weighted by Gasteiger charge is -2.33. The Morgan fingerprint density at radius 3 is 2.08 bits per heavy atom. The summed E-state index contributed by atoms with van der Waals surface area (Å²) in [5, 5.41) is 3.20. The van der Waals surface area contributed by atoms with Crippen LogP contribution in [0, 0.1) is 6.92 Å². The SMILES string of the molecule is CC[C@@H](C)NC(=O)[C@@H](CC)N(Cc1ccc(C)cc1)C(=O)CN(c1cc(Cl)c(Cl)cc1Cl)S(C)(=O)=O. The molecule has 2 amide bonds. The zero-order valence-electron chi connectivity index (χ0n) is 21.0. The van der Waals surface area contributed by atoms with Gasteiger partial charge in [0.15, 0.2) is 0 Å². The van der Waals surface area contributed by atoms with Crippen LogP contribution < -0.4 is 9.62 Å². The molecule has 0 aliphatic carbocycles. The summed E-state index contributed by atoms with van der Waals surface area (Å²) in [6.07, 6.45) is 2.04. The molecular formula is C25H32Cl3N3O4S. The van der Waals surface area contributed by atoms with Gasteiger partial charge in [-0.2, -0.15) is 0 Å². The van der Waals surface area contributed by atoms with Gasteiger partial charge in [-0.25, -0.2) is 8.42 Å². The van der Waals surface area contributed by atoms with Crippen LogP contribution in [0.4, 0.5) is 5.69 Å². The number of anilines is 1. The second-order valence-corrected chi connectivity index (χ2v) is 11.9. The summed E-state index contributed by atoms with van der Waals surface area (Å²) in [6, 6.07) is 9.31. The molecule has 0 saturated heterocycles. The molecule has 11 heteroatoms. The molecule has 0 aliphatic rings. The Hall–Kier alpha value is -2.00. The van der Waals surface area contributed by atoms with Gasteiger partial charge >= 0.3 is 0 Å². The van der Waals surface area contributed by atoms with E-state index in [0.717, 1.165) is 28.1 Å².